The van der Waals surface area contributed by atoms with Crippen molar-refractivity contribution in [3.05, 3.63) is 146 Å². The summed E-state index contributed by atoms with van der Waals surface area (Å²) >= 11 is 25.7. The molecule has 1 unspecified atom stereocenters. The minimum atomic E-state index is -2.34. The zero-order valence-corrected chi connectivity index (χ0v) is 27.6. The predicted molar refractivity (Wildman–Crippen MR) is 185 cm³/mol. The average Bonchev–Trinajstić information content (AvgIpc) is 3.11. The molecule has 11 heteroatoms. The lowest BCUT2D eigenvalue weighted by Gasteiger charge is -2.39. The van der Waals surface area contributed by atoms with Gasteiger partial charge in [-0.3, -0.25) is 9.69 Å². The third kappa shape index (κ3) is 6.27. The van der Waals surface area contributed by atoms with Crippen LogP contribution in [0.1, 0.15) is 11.1 Å². The maximum absolute atomic E-state index is 15.4. The minimum Gasteiger partial charge on any atom is -0.497 e. The number of hydrogen-bond acceptors (Lipinski definition) is 6. The van der Waals surface area contributed by atoms with Crippen molar-refractivity contribution in [2.24, 2.45) is 4.99 Å². The number of amides is 1. The number of fused-ring (bicyclic) bond motifs is 1. The highest BCUT2D eigenvalue weighted by molar-refractivity contribution is 6.53. The molecule has 0 spiro atoms. The number of carbonyl (C=O) groups excluding carboxylic acids is 2. The average molecular weight is 706 g/mol. The smallest absolute Gasteiger partial charge is 0.366 e. The number of rotatable bonds is 7. The monoisotopic (exact) mass is 704 g/mol. The lowest BCUT2D eigenvalue weighted by Crippen LogP contribution is -2.63. The molecule has 0 saturated carbocycles. The van der Waals surface area contributed by atoms with E-state index < -0.39 is 17.5 Å². The molecule has 5 aromatic rings. The Hall–Kier alpha value is -4.53. The van der Waals surface area contributed by atoms with Gasteiger partial charge in [-0.1, -0.05) is 113 Å². The van der Waals surface area contributed by atoms with Crippen LogP contribution < -0.4 is 19.1 Å². The first-order valence-corrected chi connectivity index (χ1v) is 15.7. The molecule has 1 heterocycles. The standard InChI is InChI=1S/C36H24Cl4N2O5/c1-45-26-19-17-23(18-20-26)33(41-24-13-7-3-8-14-24)42(25-15-9-4-10-16-25)34(43)36(21-22-11-5-2-6-12-22)35(44)46-31-29(39)27(37)28(38)30(40)32(31)47-36/h2-20H,21H2,1H3. The first kappa shape index (κ1) is 32.4. The molecule has 0 aromatic heterocycles. The van der Waals surface area contributed by atoms with Crippen LogP contribution >= 0.6 is 46.4 Å². The molecule has 0 saturated heterocycles. The number of carbonyl (C=O) groups is 2. The molecule has 1 atom stereocenters. The van der Waals surface area contributed by atoms with E-state index in [2.05, 4.69) is 0 Å². The molecule has 0 bridgehead atoms. The zero-order valence-electron chi connectivity index (χ0n) is 24.6. The van der Waals surface area contributed by atoms with E-state index in [0.29, 0.717) is 28.3 Å². The molecule has 0 aliphatic carbocycles. The molecule has 1 amide bonds. The molecular formula is C36H24Cl4N2O5. The van der Waals surface area contributed by atoms with Crippen molar-refractivity contribution in [3.8, 4) is 17.2 Å². The molecule has 0 N–H and O–H groups in total. The quantitative estimate of drug-likeness (QED) is 0.0321. The van der Waals surface area contributed by atoms with Crippen molar-refractivity contribution >= 4 is 75.5 Å². The highest BCUT2D eigenvalue weighted by atomic mass is 35.5. The first-order valence-electron chi connectivity index (χ1n) is 14.2. The summed E-state index contributed by atoms with van der Waals surface area (Å²) in [5, 5.41) is -0.610. The van der Waals surface area contributed by atoms with Crippen molar-refractivity contribution < 1.29 is 23.8 Å². The number of hydrogen-bond donors (Lipinski definition) is 0. The van der Waals surface area contributed by atoms with E-state index in [1.54, 1.807) is 92.0 Å². The van der Waals surface area contributed by atoms with Gasteiger partial charge in [0.2, 0.25) is 0 Å². The summed E-state index contributed by atoms with van der Waals surface area (Å²) in [5.74, 6) is -1.50. The lowest BCUT2D eigenvalue weighted by molar-refractivity contribution is -0.162. The van der Waals surface area contributed by atoms with E-state index in [4.69, 9.17) is 65.6 Å². The maximum atomic E-state index is 15.4. The maximum Gasteiger partial charge on any atom is 0.366 e. The number of anilines is 1. The first-order chi connectivity index (χ1) is 22.7. The van der Waals surface area contributed by atoms with Crippen LogP contribution in [0.15, 0.2) is 120 Å². The van der Waals surface area contributed by atoms with Crippen molar-refractivity contribution in [2.45, 2.75) is 12.0 Å². The van der Waals surface area contributed by atoms with Gasteiger partial charge < -0.3 is 14.2 Å². The highest BCUT2D eigenvalue weighted by Crippen LogP contribution is 2.54. The predicted octanol–water partition coefficient (Wildman–Crippen LogP) is 9.40. The van der Waals surface area contributed by atoms with Crippen LogP contribution in [0.25, 0.3) is 0 Å². The van der Waals surface area contributed by atoms with Gasteiger partial charge in [0.15, 0.2) is 11.5 Å². The second kappa shape index (κ2) is 13.7. The van der Waals surface area contributed by atoms with Gasteiger partial charge in [-0.15, -0.1) is 0 Å². The molecule has 5 aromatic carbocycles. The fraction of sp³-hybridized carbons (Fsp3) is 0.0833. The van der Waals surface area contributed by atoms with Crippen LogP contribution in [0.3, 0.4) is 0 Å². The second-order valence-electron chi connectivity index (χ2n) is 10.4. The molecular weight excluding hydrogens is 682 g/mol. The lowest BCUT2D eigenvalue weighted by atomic mass is 9.90. The number of para-hydroxylation sites is 2. The normalized spacial score (nSPS) is 15.7. The Balaban J connectivity index is 1.61. The Morgan fingerprint density at radius 3 is 1.89 bits per heavy atom. The van der Waals surface area contributed by atoms with Crippen molar-refractivity contribution in [2.75, 3.05) is 12.0 Å². The number of esters is 1. The van der Waals surface area contributed by atoms with Crippen molar-refractivity contribution in [3.63, 3.8) is 0 Å². The third-order valence-electron chi connectivity index (χ3n) is 7.39. The fourth-order valence-corrected chi connectivity index (χ4v) is 5.96. The van der Waals surface area contributed by atoms with Gasteiger partial charge >= 0.3 is 5.97 Å². The minimum absolute atomic E-state index is 0.124. The Bertz CT molecular complexity index is 1970. The van der Waals surface area contributed by atoms with Gasteiger partial charge in [0.25, 0.3) is 11.5 Å². The summed E-state index contributed by atoms with van der Waals surface area (Å²) in [6, 6.07) is 33.8. The van der Waals surface area contributed by atoms with Gasteiger partial charge in [-0.2, -0.15) is 0 Å². The number of ether oxygens (including phenoxy) is 3. The summed E-state index contributed by atoms with van der Waals surface area (Å²) in [5.41, 5.74) is -0.239. The highest BCUT2D eigenvalue weighted by Gasteiger charge is 2.57. The van der Waals surface area contributed by atoms with Gasteiger partial charge in [-0.25, -0.2) is 9.79 Å². The molecule has 47 heavy (non-hydrogen) atoms. The number of aliphatic imine (C=N–C) groups is 1. The van der Waals surface area contributed by atoms with Crippen LogP contribution in [0.4, 0.5) is 11.4 Å². The van der Waals surface area contributed by atoms with Crippen LogP contribution in [0.2, 0.25) is 20.1 Å². The number of nitrogens with zero attached hydrogens (tertiary/aromatic N) is 2. The molecule has 0 fully saturated rings. The Kier molecular flexibility index (Phi) is 9.43. The van der Waals surface area contributed by atoms with Gasteiger partial charge in [0.05, 0.1) is 28.5 Å². The number of methoxy groups -OCH3 is 1. The summed E-state index contributed by atoms with van der Waals surface area (Å²) in [4.78, 5) is 35.9. The zero-order chi connectivity index (χ0) is 33.1. The Morgan fingerprint density at radius 1 is 0.745 bits per heavy atom. The largest absolute Gasteiger partial charge is 0.497 e. The third-order valence-corrected chi connectivity index (χ3v) is 9.16. The summed E-state index contributed by atoms with van der Waals surface area (Å²) in [7, 11) is 1.56. The van der Waals surface area contributed by atoms with E-state index in [-0.39, 0.29) is 43.8 Å². The SMILES string of the molecule is COc1ccc(C(=Nc2ccccc2)N(C(=O)C2(Cc3ccccc3)Oc3c(Cl)c(Cl)c(Cl)c(Cl)c3OC2=O)c2ccccc2)cc1. The van der Waals surface area contributed by atoms with E-state index in [1.807, 2.05) is 30.3 Å². The second-order valence-corrected chi connectivity index (χ2v) is 11.9. The molecule has 7 nitrogen and oxygen atoms in total. The number of amidine groups is 1. The van der Waals surface area contributed by atoms with Crippen LogP contribution in [0.5, 0.6) is 17.2 Å². The van der Waals surface area contributed by atoms with E-state index in [9.17, 15) is 4.79 Å². The van der Waals surface area contributed by atoms with E-state index >= 15 is 4.79 Å². The van der Waals surface area contributed by atoms with Gasteiger partial charge in [0.1, 0.15) is 21.6 Å². The molecule has 236 valence electrons. The Labute approximate surface area is 290 Å². The summed E-state index contributed by atoms with van der Waals surface area (Å²) < 4.78 is 17.6. The summed E-state index contributed by atoms with van der Waals surface area (Å²) in [6.45, 7) is 0. The fourth-order valence-electron chi connectivity index (χ4n) is 5.06. The van der Waals surface area contributed by atoms with Crippen LogP contribution in [-0.2, 0) is 16.0 Å². The Morgan fingerprint density at radius 2 is 1.30 bits per heavy atom. The van der Waals surface area contributed by atoms with Gasteiger partial charge in [0, 0.05) is 12.0 Å². The molecule has 1 aliphatic heterocycles. The summed E-state index contributed by atoms with van der Waals surface area (Å²) in [6.07, 6.45) is -0.246. The molecule has 0 radical (unpaired) electrons. The number of halogens is 4. The van der Waals surface area contributed by atoms with E-state index in [0.717, 1.165) is 0 Å². The molecule has 6 rings (SSSR count). The topological polar surface area (TPSA) is 77.4 Å². The van der Waals surface area contributed by atoms with E-state index in [1.165, 1.54) is 4.90 Å². The van der Waals surface area contributed by atoms with Crippen molar-refractivity contribution in [1.29, 1.82) is 0 Å². The van der Waals surface area contributed by atoms with Gasteiger partial charge in [-0.05, 0) is 54.1 Å². The number of benzene rings is 5. The van der Waals surface area contributed by atoms with Crippen LogP contribution in [-0.4, -0.2) is 30.4 Å². The molecule has 1 aliphatic rings. The van der Waals surface area contributed by atoms with Crippen LogP contribution in [0, 0.1) is 0 Å². The van der Waals surface area contributed by atoms with Crippen molar-refractivity contribution in [1.82, 2.24) is 0 Å².